The van der Waals surface area contributed by atoms with Crippen LogP contribution in [0.3, 0.4) is 0 Å². The lowest BCUT2D eigenvalue weighted by atomic mass is 9.92. The van der Waals surface area contributed by atoms with Gasteiger partial charge in [-0.25, -0.2) is 9.78 Å². The Balaban J connectivity index is 1.62. The summed E-state index contributed by atoms with van der Waals surface area (Å²) in [5.74, 6) is 1.29. The summed E-state index contributed by atoms with van der Waals surface area (Å²) in [5.41, 5.74) is 4.05. The maximum absolute atomic E-state index is 12.4. The molecule has 0 N–H and O–H groups in total. The van der Waals surface area contributed by atoms with Crippen LogP contribution in [-0.4, -0.2) is 39.2 Å². The average Bonchev–Trinajstić information content (AvgIpc) is 3.11. The lowest BCUT2D eigenvalue weighted by Gasteiger charge is -2.33. The molecule has 5 heteroatoms. The third kappa shape index (κ3) is 4.66. The van der Waals surface area contributed by atoms with Crippen LogP contribution in [0.1, 0.15) is 50.9 Å². The molecule has 1 saturated heterocycles. The number of amides is 1. The number of benzene rings is 2. The summed E-state index contributed by atoms with van der Waals surface area (Å²) < 4.78 is 7.80. The average molecular weight is 418 g/mol. The van der Waals surface area contributed by atoms with Crippen molar-refractivity contribution in [1.82, 2.24) is 14.5 Å². The van der Waals surface area contributed by atoms with Gasteiger partial charge in [0.1, 0.15) is 11.4 Å². The minimum absolute atomic E-state index is 0.220. The molecule has 0 radical (unpaired) electrons. The van der Waals surface area contributed by atoms with Crippen molar-refractivity contribution >= 4 is 6.09 Å². The largest absolute Gasteiger partial charge is 0.444 e. The van der Waals surface area contributed by atoms with Gasteiger partial charge in [0.05, 0.1) is 5.69 Å². The molecular formula is C26H31N3O2. The molecule has 0 saturated carbocycles. The monoisotopic (exact) mass is 417 g/mol. The number of piperidine rings is 1. The van der Waals surface area contributed by atoms with E-state index in [2.05, 4.69) is 47.9 Å². The zero-order valence-corrected chi connectivity index (χ0v) is 18.8. The zero-order valence-electron chi connectivity index (χ0n) is 18.8. The molecule has 0 unspecified atom stereocenters. The Kier molecular flexibility index (Phi) is 5.86. The van der Waals surface area contributed by atoms with E-state index in [0.29, 0.717) is 19.0 Å². The molecule has 0 spiro atoms. The lowest BCUT2D eigenvalue weighted by molar-refractivity contribution is 0.0204. The molecule has 162 valence electrons. The molecule has 1 aliphatic heterocycles. The number of likely N-dealkylation sites (tertiary alicyclic amines) is 1. The Hall–Kier alpha value is -3.08. The first kappa shape index (κ1) is 21.2. The van der Waals surface area contributed by atoms with Crippen LogP contribution in [0.15, 0.2) is 60.7 Å². The SMILES string of the molecule is Cc1c(C2CCN(C(=O)OC(C)(C)C)CC2)nc(-c2ccccc2)n1-c1ccccc1. The molecule has 2 aromatic carbocycles. The van der Waals surface area contributed by atoms with Gasteiger partial charge < -0.3 is 9.64 Å². The van der Waals surface area contributed by atoms with Gasteiger partial charge in [0, 0.05) is 36.0 Å². The van der Waals surface area contributed by atoms with Crippen LogP contribution < -0.4 is 0 Å². The quantitative estimate of drug-likeness (QED) is 0.528. The predicted molar refractivity (Wildman–Crippen MR) is 124 cm³/mol. The molecule has 2 heterocycles. The van der Waals surface area contributed by atoms with Crippen LogP contribution in [-0.2, 0) is 4.74 Å². The van der Waals surface area contributed by atoms with Crippen LogP contribution in [0.5, 0.6) is 0 Å². The number of hydrogen-bond donors (Lipinski definition) is 0. The molecule has 1 amide bonds. The van der Waals surface area contributed by atoms with E-state index in [4.69, 9.17) is 9.72 Å². The smallest absolute Gasteiger partial charge is 0.410 e. The molecule has 0 aliphatic carbocycles. The molecular weight excluding hydrogens is 386 g/mol. The van der Waals surface area contributed by atoms with Crippen LogP contribution in [0.2, 0.25) is 0 Å². The number of nitrogens with zero attached hydrogens (tertiary/aromatic N) is 3. The van der Waals surface area contributed by atoms with Crippen LogP contribution >= 0.6 is 0 Å². The second-order valence-corrected chi connectivity index (χ2v) is 9.18. The van der Waals surface area contributed by atoms with E-state index in [1.165, 1.54) is 5.69 Å². The number of imidazole rings is 1. The summed E-state index contributed by atoms with van der Waals surface area (Å²) >= 11 is 0. The second-order valence-electron chi connectivity index (χ2n) is 9.18. The van der Waals surface area contributed by atoms with Gasteiger partial charge in [-0.15, -0.1) is 0 Å². The van der Waals surface area contributed by atoms with Gasteiger partial charge in [-0.3, -0.25) is 4.57 Å². The zero-order chi connectivity index (χ0) is 22.0. The van der Waals surface area contributed by atoms with E-state index in [9.17, 15) is 4.79 Å². The van der Waals surface area contributed by atoms with Crippen molar-refractivity contribution in [3.63, 3.8) is 0 Å². The van der Waals surface area contributed by atoms with Gasteiger partial charge in [0.15, 0.2) is 0 Å². The Labute approximate surface area is 184 Å². The standard InChI is InChI=1S/C26H31N3O2/c1-19-23(20-15-17-28(18-16-20)25(30)31-26(2,3)4)27-24(21-11-7-5-8-12-21)29(19)22-13-9-6-10-14-22/h5-14,20H,15-18H2,1-4H3. The first-order chi connectivity index (χ1) is 14.8. The summed E-state index contributed by atoms with van der Waals surface area (Å²) in [4.78, 5) is 19.4. The van der Waals surface area contributed by atoms with Crippen LogP contribution in [0.25, 0.3) is 17.1 Å². The third-order valence-electron chi connectivity index (χ3n) is 5.72. The Bertz CT molecular complexity index is 1030. The number of hydrogen-bond acceptors (Lipinski definition) is 3. The fraction of sp³-hybridized carbons (Fsp3) is 0.385. The van der Waals surface area contributed by atoms with Gasteiger partial charge in [-0.1, -0.05) is 48.5 Å². The van der Waals surface area contributed by atoms with Gasteiger partial charge >= 0.3 is 6.09 Å². The maximum atomic E-state index is 12.4. The first-order valence-electron chi connectivity index (χ1n) is 11.0. The Morgan fingerprint density at radius 1 is 0.968 bits per heavy atom. The summed E-state index contributed by atoms with van der Waals surface area (Å²) in [6, 6.07) is 20.7. The molecule has 31 heavy (non-hydrogen) atoms. The third-order valence-corrected chi connectivity index (χ3v) is 5.72. The summed E-state index contributed by atoms with van der Waals surface area (Å²) in [6.45, 7) is 9.25. The van der Waals surface area contributed by atoms with E-state index in [1.54, 1.807) is 0 Å². The highest BCUT2D eigenvalue weighted by atomic mass is 16.6. The highest BCUT2D eigenvalue weighted by molar-refractivity contribution is 5.68. The maximum Gasteiger partial charge on any atom is 0.410 e. The van der Waals surface area contributed by atoms with E-state index in [-0.39, 0.29) is 6.09 Å². The van der Waals surface area contributed by atoms with Crippen molar-refractivity contribution < 1.29 is 9.53 Å². The molecule has 3 aromatic rings. The van der Waals surface area contributed by atoms with E-state index in [0.717, 1.165) is 35.6 Å². The van der Waals surface area contributed by atoms with Crippen LogP contribution in [0.4, 0.5) is 4.79 Å². The number of carbonyl (C=O) groups excluding carboxylic acids is 1. The Morgan fingerprint density at radius 2 is 1.55 bits per heavy atom. The molecule has 0 atom stereocenters. The fourth-order valence-electron chi connectivity index (χ4n) is 4.24. The molecule has 0 bridgehead atoms. The summed E-state index contributed by atoms with van der Waals surface area (Å²) in [6.07, 6.45) is 1.56. The van der Waals surface area contributed by atoms with Crippen molar-refractivity contribution in [3.05, 3.63) is 72.1 Å². The topological polar surface area (TPSA) is 47.4 Å². The van der Waals surface area contributed by atoms with Gasteiger partial charge in [-0.2, -0.15) is 0 Å². The minimum atomic E-state index is -0.469. The van der Waals surface area contributed by atoms with E-state index >= 15 is 0 Å². The van der Waals surface area contributed by atoms with Crippen molar-refractivity contribution in [3.8, 4) is 17.1 Å². The van der Waals surface area contributed by atoms with E-state index < -0.39 is 5.60 Å². The summed E-state index contributed by atoms with van der Waals surface area (Å²) in [7, 11) is 0. The molecule has 4 rings (SSSR count). The first-order valence-corrected chi connectivity index (χ1v) is 11.0. The summed E-state index contributed by atoms with van der Waals surface area (Å²) in [5, 5.41) is 0. The van der Waals surface area contributed by atoms with Crippen molar-refractivity contribution in [2.75, 3.05) is 13.1 Å². The number of ether oxygens (including phenoxy) is 1. The molecule has 1 aromatic heterocycles. The second kappa shape index (κ2) is 8.58. The van der Waals surface area contributed by atoms with Crippen molar-refractivity contribution in [2.45, 2.75) is 52.1 Å². The fourth-order valence-corrected chi connectivity index (χ4v) is 4.24. The highest BCUT2D eigenvalue weighted by Crippen LogP contribution is 2.34. The van der Waals surface area contributed by atoms with Crippen LogP contribution in [0, 0.1) is 6.92 Å². The van der Waals surface area contributed by atoms with Gasteiger partial charge in [0.25, 0.3) is 0 Å². The lowest BCUT2D eigenvalue weighted by Crippen LogP contribution is -2.41. The van der Waals surface area contributed by atoms with E-state index in [1.807, 2.05) is 49.9 Å². The highest BCUT2D eigenvalue weighted by Gasteiger charge is 2.30. The number of rotatable bonds is 3. The van der Waals surface area contributed by atoms with Gasteiger partial charge in [0.2, 0.25) is 0 Å². The molecule has 1 fully saturated rings. The molecule has 5 nitrogen and oxygen atoms in total. The predicted octanol–water partition coefficient (Wildman–Crippen LogP) is 5.96. The number of aromatic nitrogens is 2. The minimum Gasteiger partial charge on any atom is -0.444 e. The Morgan fingerprint density at radius 3 is 2.13 bits per heavy atom. The van der Waals surface area contributed by atoms with Gasteiger partial charge in [-0.05, 0) is 52.7 Å². The normalized spacial score (nSPS) is 15.2. The van der Waals surface area contributed by atoms with Crippen molar-refractivity contribution in [1.29, 1.82) is 0 Å². The number of carbonyl (C=O) groups is 1. The number of para-hydroxylation sites is 1. The molecule has 1 aliphatic rings. The van der Waals surface area contributed by atoms with Crippen molar-refractivity contribution in [2.24, 2.45) is 0 Å².